The Balaban J connectivity index is 1.42. The zero-order chi connectivity index (χ0) is 18.1. The number of nitrogens with zero attached hydrogens (tertiary/aromatic N) is 3. The second-order valence-corrected chi connectivity index (χ2v) is 8.21. The van der Waals surface area contributed by atoms with Crippen molar-refractivity contribution in [2.75, 3.05) is 18.5 Å². The average Bonchev–Trinajstić information content (AvgIpc) is 3.24. The Morgan fingerprint density at radius 1 is 1.27 bits per heavy atom. The number of carbonyl (C=O) groups is 2. The van der Waals surface area contributed by atoms with E-state index in [9.17, 15) is 9.59 Å². The molecule has 1 aliphatic heterocycles. The van der Waals surface area contributed by atoms with Gasteiger partial charge in [-0.05, 0) is 44.2 Å². The molecule has 6 heteroatoms. The van der Waals surface area contributed by atoms with Crippen molar-refractivity contribution in [3.63, 3.8) is 0 Å². The van der Waals surface area contributed by atoms with Crippen LogP contribution in [0.5, 0.6) is 0 Å². The van der Waals surface area contributed by atoms with Crippen LogP contribution in [0.4, 0.5) is 5.69 Å². The van der Waals surface area contributed by atoms with Gasteiger partial charge in [0.05, 0.1) is 12.2 Å². The van der Waals surface area contributed by atoms with E-state index >= 15 is 0 Å². The fourth-order valence-corrected chi connectivity index (χ4v) is 5.00. The molecule has 0 unspecified atom stereocenters. The molecule has 1 fully saturated rings. The van der Waals surface area contributed by atoms with Crippen molar-refractivity contribution in [2.24, 2.45) is 5.92 Å². The predicted octanol–water partition coefficient (Wildman–Crippen LogP) is 3.03. The summed E-state index contributed by atoms with van der Waals surface area (Å²) in [5.74, 6) is -0.761. The van der Waals surface area contributed by atoms with E-state index in [1.54, 1.807) is 28.2 Å². The number of carbonyl (C=O) groups excluding carboxylic acids is 2. The Bertz CT molecular complexity index is 794. The maximum atomic E-state index is 12.8. The first-order valence-corrected chi connectivity index (χ1v) is 10.0. The number of fused-ring (bicyclic) bond motifs is 1. The van der Waals surface area contributed by atoms with Gasteiger partial charge in [-0.3, -0.25) is 9.59 Å². The van der Waals surface area contributed by atoms with Crippen LogP contribution in [-0.4, -0.2) is 35.3 Å². The zero-order valence-electron chi connectivity index (χ0n) is 15.0. The number of aromatic nitrogens is 1. The minimum atomic E-state index is -0.574. The van der Waals surface area contributed by atoms with Gasteiger partial charge in [0.25, 0.3) is 0 Å². The largest absolute Gasteiger partial charge is 0.338 e. The summed E-state index contributed by atoms with van der Waals surface area (Å²) in [6, 6.07) is 9.57. The van der Waals surface area contributed by atoms with Crippen molar-refractivity contribution >= 4 is 28.8 Å². The molecule has 0 spiro atoms. The number of anilines is 1. The first-order chi connectivity index (χ1) is 12.6. The van der Waals surface area contributed by atoms with Crippen LogP contribution in [0.15, 0.2) is 30.3 Å². The van der Waals surface area contributed by atoms with E-state index in [1.165, 1.54) is 23.4 Å². The van der Waals surface area contributed by atoms with Crippen LogP contribution in [-0.2, 0) is 29.0 Å². The number of benzene rings is 1. The van der Waals surface area contributed by atoms with E-state index in [0.29, 0.717) is 19.5 Å². The highest BCUT2D eigenvalue weighted by molar-refractivity contribution is 7.11. The van der Waals surface area contributed by atoms with E-state index in [4.69, 9.17) is 4.98 Å². The highest BCUT2D eigenvalue weighted by Crippen LogP contribution is 2.29. The first-order valence-electron chi connectivity index (χ1n) is 9.22. The Morgan fingerprint density at radius 3 is 2.81 bits per heavy atom. The fraction of sp³-hybridized carbons (Fsp3) is 0.450. The Kier molecular flexibility index (Phi) is 4.76. The standard InChI is InChI=1S/C20H23N3O2S/c1-22(13-18-21-16-9-5-6-10-17(16)26-18)19(24)15-11-12-23(20(15)25)14-7-3-2-4-8-14/h2-4,7-8,15H,5-6,9-13H2,1H3/t15-/m1/s1. The number of para-hydroxylation sites is 1. The lowest BCUT2D eigenvalue weighted by molar-refractivity contribution is -0.139. The molecule has 1 atom stereocenters. The van der Waals surface area contributed by atoms with Gasteiger partial charge in [0, 0.05) is 24.2 Å². The molecule has 1 saturated heterocycles. The third-order valence-corrected chi connectivity index (χ3v) is 6.35. The second kappa shape index (κ2) is 7.19. The second-order valence-electron chi connectivity index (χ2n) is 7.05. The van der Waals surface area contributed by atoms with Crippen molar-refractivity contribution in [1.82, 2.24) is 9.88 Å². The summed E-state index contributed by atoms with van der Waals surface area (Å²) in [6.07, 6.45) is 5.17. The van der Waals surface area contributed by atoms with Crippen LogP contribution in [0.3, 0.4) is 0 Å². The predicted molar refractivity (Wildman–Crippen MR) is 102 cm³/mol. The zero-order valence-corrected chi connectivity index (χ0v) is 15.8. The van der Waals surface area contributed by atoms with E-state index in [0.717, 1.165) is 23.5 Å². The molecule has 0 radical (unpaired) electrons. The van der Waals surface area contributed by atoms with Gasteiger partial charge in [-0.15, -0.1) is 11.3 Å². The molecule has 0 saturated carbocycles. The molecule has 2 aromatic rings. The molecule has 2 aliphatic rings. The first kappa shape index (κ1) is 17.2. The quantitative estimate of drug-likeness (QED) is 0.779. The molecule has 4 rings (SSSR count). The molecule has 5 nitrogen and oxygen atoms in total. The third kappa shape index (κ3) is 3.26. The topological polar surface area (TPSA) is 53.5 Å². The van der Waals surface area contributed by atoms with Gasteiger partial charge in [-0.2, -0.15) is 0 Å². The lowest BCUT2D eigenvalue weighted by atomic mass is 10.0. The molecule has 136 valence electrons. The Labute approximate surface area is 157 Å². The van der Waals surface area contributed by atoms with Crippen LogP contribution in [0, 0.1) is 5.92 Å². The minimum Gasteiger partial charge on any atom is -0.338 e. The number of rotatable bonds is 4. The van der Waals surface area contributed by atoms with Crippen LogP contribution < -0.4 is 4.90 Å². The van der Waals surface area contributed by atoms with Gasteiger partial charge < -0.3 is 9.80 Å². The maximum absolute atomic E-state index is 12.8. The van der Waals surface area contributed by atoms with Crippen LogP contribution in [0.1, 0.15) is 34.8 Å². The summed E-state index contributed by atoms with van der Waals surface area (Å²) in [7, 11) is 1.78. The number of hydrogen-bond acceptors (Lipinski definition) is 4. The summed E-state index contributed by atoms with van der Waals surface area (Å²) < 4.78 is 0. The maximum Gasteiger partial charge on any atom is 0.239 e. The lowest BCUT2D eigenvalue weighted by Gasteiger charge is -2.20. The molecule has 0 bridgehead atoms. The number of thiazole rings is 1. The third-order valence-electron chi connectivity index (χ3n) is 5.21. The van der Waals surface area contributed by atoms with Gasteiger partial charge in [-0.25, -0.2) is 4.98 Å². The van der Waals surface area contributed by atoms with E-state index < -0.39 is 5.92 Å². The van der Waals surface area contributed by atoms with Crippen molar-refractivity contribution in [3.05, 3.63) is 45.9 Å². The number of amides is 2. The normalized spacial score (nSPS) is 19.5. The van der Waals surface area contributed by atoms with Crippen LogP contribution in [0.2, 0.25) is 0 Å². The van der Waals surface area contributed by atoms with E-state index in [2.05, 4.69) is 0 Å². The molecular formula is C20H23N3O2S. The molecule has 1 aliphatic carbocycles. The summed E-state index contributed by atoms with van der Waals surface area (Å²) in [6.45, 7) is 1.09. The molecule has 1 aromatic carbocycles. The summed E-state index contributed by atoms with van der Waals surface area (Å²) in [5, 5.41) is 0.984. The van der Waals surface area contributed by atoms with Gasteiger partial charge in [-0.1, -0.05) is 18.2 Å². The number of aryl methyl sites for hydroxylation is 2. The minimum absolute atomic E-state index is 0.0912. The van der Waals surface area contributed by atoms with Crippen molar-refractivity contribution < 1.29 is 9.59 Å². The monoisotopic (exact) mass is 369 g/mol. The average molecular weight is 369 g/mol. The molecule has 1 aromatic heterocycles. The molecule has 0 N–H and O–H groups in total. The smallest absolute Gasteiger partial charge is 0.239 e. The van der Waals surface area contributed by atoms with Crippen LogP contribution in [0.25, 0.3) is 0 Å². The summed E-state index contributed by atoms with van der Waals surface area (Å²) in [4.78, 5) is 35.0. The van der Waals surface area contributed by atoms with Gasteiger partial charge in [0.2, 0.25) is 11.8 Å². The Hall–Kier alpha value is -2.21. The van der Waals surface area contributed by atoms with Crippen LogP contribution >= 0.6 is 11.3 Å². The van der Waals surface area contributed by atoms with Gasteiger partial charge in [0.15, 0.2) is 0 Å². The van der Waals surface area contributed by atoms with Gasteiger partial charge in [0.1, 0.15) is 10.9 Å². The Morgan fingerprint density at radius 2 is 2.04 bits per heavy atom. The SMILES string of the molecule is CN(Cc1nc2c(s1)CCCC2)C(=O)[C@H]1CCN(c2ccccc2)C1=O. The fourth-order valence-electron chi connectivity index (χ4n) is 3.79. The van der Waals surface area contributed by atoms with Crippen molar-refractivity contribution in [2.45, 2.75) is 38.6 Å². The lowest BCUT2D eigenvalue weighted by Crippen LogP contribution is -2.37. The van der Waals surface area contributed by atoms with Crippen molar-refractivity contribution in [3.8, 4) is 0 Å². The summed E-state index contributed by atoms with van der Waals surface area (Å²) in [5.41, 5.74) is 2.08. The van der Waals surface area contributed by atoms with Gasteiger partial charge >= 0.3 is 0 Å². The molecule has 2 heterocycles. The molecule has 26 heavy (non-hydrogen) atoms. The highest BCUT2D eigenvalue weighted by atomic mass is 32.1. The van der Waals surface area contributed by atoms with Crippen molar-refractivity contribution in [1.29, 1.82) is 0 Å². The number of hydrogen-bond donors (Lipinski definition) is 0. The van der Waals surface area contributed by atoms with E-state index in [1.807, 2.05) is 30.3 Å². The summed E-state index contributed by atoms with van der Waals surface area (Å²) >= 11 is 1.72. The molecular weight excluding hydrogens is 346 g/mol. The van der Waals surface area contributed by atoms with E-state index in [-0.39, 0.29) is 11.8 Å². The molecule has 2 amide bonds. The highest BCUT2D eigenvalue weighted by Gasteiger charge is 2.39.